The third-order valence-electron chi connectivity index (χ3n) is 5.60. The van der Waals surface area contributed by atoms with Crippen molar-refractivity contribution in [1.29, 1.82) is 0 Å². The van der Waals surface area contributed by atoms with Crippen LogP contribution in [0.4, 0.5) is 10.2 Å². The molecule has 8 heteroatoms. The van der Waals surface area contributed by atoms with E-state index in [1.165, 1.54) is 12.1 Å². The number of carbonyl (C=O) groups excluding carboxylic acids is 2. The van der Waals surface area contributed by atoms with Crippen molar-refractivity contribution in [2.24, 2.45) is 0 Å². The van der Waals surface area contributed by atoms with E-state index in [9.17, 15) is 19.1 Å². The number of amides is 2. The smallest absolute Gasteiger partial charge is 0.254 e. The van der Waals surface area contributed by atoms with Crippen molar-refractivity contribution in [3.8, 4) is 11.1 Å². The minimum Gasteiger partial charge on any atom is -0.394 e. The van der Waals surface area contributed by atoms with E-state index in [1.807, 2.05) is 6.07 Å². The zero-order chi connectivity index (χ0) is 22.7. The van der Waals surface area contributed by atoms with Crippen molar-refractivity contribution in [3.05, 3.63) is 83.3 Å². The molecule has 0 radical (unpaired) electrons. The molecule has 1 fully saturated rings. The standard InChI is InChI=1S/C24H23FN4O3/c25-20-9-15(19-8-16(12-28-23(19)26)17-10-22(31)27-11-17)6-7-18(20)24(32)29-21(13-30)14-4-2-1-3-5-14/h1-9,12,17,21,30H,10-11,13H2,(H2,26,28)(H,27,31)(H,29,32)/t17-,21-/m1/s1. The van der Waals surface area contributed by atoms with Gasteiger partial charge in [-0.1, -0.05) is 36.4 Å². The van der Waals surface area contributed by atoms with E-state index in [0.717, 1.165) is 11.1 Å². The molecule has 1 saturated heterocycles. The molecule has 32 heavy (non-hydrogen) atoms. The third kappa shape index (κ3) is 4.45. The van der Waals surface area contributed by atoms with E-state index in [-0.39, 0.29) is 29.8 Å². The number of aliphatic hydroxyl groups is 1. The summed E-state index contributed by atoms with van der Waals surface area (Å²) < 4.78 is 14.9. The van der Waals surface area contributed by atoms with Crippen molar-refractivity contribution in [2.45, 2.75) is 18.4 Å². The van der Waals surface area contributed by atoms with Gasteiger partial charge in [-0.25, -0.2) is 9.37 Å². The van der Waals surface area contributed by atoms with E-state index < -0.39 is 17.8 Å². The molecule has 0 spiro atoms. The molecule has 0 bridgehead atoms. The van der Waals surface area contributed by atoms with Gasteiger partial charge in [0.1, 0.15) is 11.6 Å². The topological polar surface area (TPSA) is 117 Å². The number of aromatic nitrogens is 1. The highest BCUT2D eigenvalue weighted by Gasteiger charge is 2.24. The lowest BCUT2D eigenvalue weighted by Gasteiger charge is -2.17. The van der Waals surface area contributed by atoms with Crippen LogP contribution in [0.25, 0.3) is 11.1 Å². The number of halogens is 1. The van der Waals surface area contributed by atoms with Gasteiger partial charge in [-0.05, 0) is 34.9 Å². The summed E-state index contributed by atoms with van der Waals surface area (Å²) in [7, 11) is 0. The maximum Gasteiger partial charge on any atom is 0.254 e. The lowest BCUT2D eigenvalue weighted by Crippen LogP contribution is -2.31. The fourth-order valence-electron chi connectivity index (χ4n) is 3.81. The third-order valence-corrected chi connectivity index (χ3v) is 5.60. The molecule has 0 unspecified atom stereocenters. The Morgan fingerprint density at radius 3 is 2.69 bits per heavy atom. The van der Waals surface area contributed by atoms with Gasteiger partial charge in [0.15, 0.2) is 0 Å². The van der Waals surface area contributed by atoms with Crippen molar-refractivity contribution in [2.75, 3.05) is 18.9 Å². The number of hydrogen-bond donors (Lipinski definition) is 4. The maximum absolute atomic E-state index is 14.9. The van der Waals surface area contributed by atoms with Gasteiger partial charge in [0.2, 0.25) is 5.91 Å². The Bertz CT molecular complexity index is 1150. The van der Waals surface area contributed by atoms with Gasteiger partial charge in [-0.2, -0.15) is 0 Å². The van der Waals surface area contributed by atoms with E-state index in [0.29, 0.717) is 24.1 Å². The molecule has 0 aliphatic carbocycles. The highest BCUT2D eigenvalue weighted by molar-refractivity contribution is 5.95. The molecule has 7 nitrogen and oxygen atoms in total. The number of hydrogen-bond acceptors (Lipinski definition) is 5. The molecule has 1 aliphatic rings. The number of rotatable bonds is 6. The van der Waals surface area contributed by atoms with Crippen LogP contribution in [-0.2, 0) is 4.79 Å². The first kappa shape index (κ1) is 21.5. The quantitative estimate of drug-likeness (QED) is 0.476. The minimum atomic E-state index is -0.715. The summed E-state index contributed by atoms with van der Waals surface area (Å²) in [6.45, 7) is 0.202. The summed E-state index contributed by atoms with van der Waals surface area (Å²) in [5.74, 6) is -1.16. The average Bonchev–Trinajstić information content (AvgIpc) is 3.24. The molecule has 1 aromatic heterocycles. The first-order valence-corrected chi connectivity index (χ1v) is 10.2. The van der Waals surface area contributed by atoms with Crippen molar-refractivity contribution in [1.82, 2.24) is 15.6 Å². The molecule has 2 heterocycles. The molecular formula is C24H23FN4O3. The predicted octanol–water partition coefficient (Wildman–Crippen LogP) is 2.54. The Balaban J connectivity index is 1.57. The fraction of sp³-hybridized carbons (Fsp3) is 0.208. The lowest BCUT2D eigenvalue weighted by molar-refractivity contribution is -0.119. The molecule has 2 amide bonds. The monoisotopic (exact) mass is 434 g/mol. The van der Waals surface area contributed by atoms with Crippen molar-refractivity contribution < 1.29 is 19.1 Å². The van der Waals surface area contributed by atoms with Crippen LogP contribution in [-0.4, -0.2) is 35.1 Å². The van der Waals surface area contributed by atoms with Crippen LogP contribution >= 0.6 is 0 Å². The highest BCUT2D eigenvalue weighted by Crippen LogP contribution is 2.31. The normalized spacial score (nSPS) is 16.4. The van der Waals surface area contributed by atoms with Crippen LogP contribution in [0.2, 0.25) is 0 Å². The Morgan fingerprint density at radius 2 is 2.03 bits per heavy atom. The van der Waals surface area contributed by atoms with Gasteiger partial charge in [0.25, 0.3) is 5.91 Å². The first-order chi connectivity index (χ1) is 15.5. The number of benzene rings is 2. The summed E-state index contributed by atoms with van der Waals surface area (Å²) in [6.07, 6.45) is 1.99. The van der Waals surface area contributed by atoms with Crippen LogP contribution in [0.5, 0.6) is 0 Å². The molecule has 5 N–H and O–H groups in total. The van der Waals surface area contributed by atoms with Gasteiger partial charge in [-0.3, -0.25) is 9.59 Å². The molecule has 4 rings (SSSR count). The van der Waals surface area contributed by atoms with Crippen LogP contribution in [0.1, 0.15) is 39.9 Å². The highest BCUT2D eigenvalue weighted by atomic mass is 19.1. The van der Waals surface area contributed by atoms with Crippen LogP contribution in [0.3, 0.4) is 0 Å². The molecule has 3 aromatic rings. The van der Waals surface area contributed by atoms with Gasteiger partial charge in [-0.15, -0.1) is 0 Å². The van der Waals surface area contributed by atoms with Gasteiger partial charge >= 0.3 is 0 Å². The summed E-state index contributed by atoms with van der Waals surface area (Å²) in [4.78, 5) is 28.4. The maximum atomic E-state index is 14.9. The lowest BCUT2D eigenvalue weighted by atomic mass is 9.95. The van der Waals surface area contributed by atoms with E-state index in [1.54, 1.807) is 42.6 Å². The number of nitrogens with one attached hydrogen (secondary N) is 2. The second-order valence-electron chi connectivity index (χ2n) is 7.72. The number of aliphatic hydroxyl groups excluding tert-OH is 1. The number of pyridine rings is 1. The fourth-order valence-corrected chi connectivity index (χ4v) is 3.81. The SMILES string of the molecule is Nc1ncc([C@H]2CNC(=O)C2)cc1-c1ccc(C(=O)N[C@H](CO)c2ccccc2)c(F)c1. The van der Waals surface area contributed by atoms with Gasteiger partial charge < -0.3 is 21.5 Å². The summed E-state index contributed by atoms with van der Waals surface area (Å²) in [5, 5.41) is 15.1. The summed E-state index contributed by atoms with van der Waals surface area (Å²) >= 11 is 0. The summed E-state index contributed by atoms with van der Waals surface area (Å²) in [5.41, 5.74) is 8.44. The zero-order valence-electron chi connectivity index (χ0n) is 17.2. The average molecular weight is 434 g/mol. The summed E-state index contributed by atoms with van der Waals surface area (Å²) in [6, 6.07) is 14.3. The van der Waals surface area contributed by atoms with E-state index >= 15 is 0 Å². The molecule has 2 atom stereocenters. The Hall–Kier alpha value is -3.78. The van der Waals surface area contributed by atoms with Crippen LogP contribution in [0.15, 0.2) is 60.8 Å². The molecular weight excluding hydrogens is 411 g/mol. The van der Waals surface area contributed by atoms with Crippen LogP contribution < -0.4 is 16.4 Å². The van der Waals surface area contributed by atoms with Crippen molar-refractivity contribution in [3.63, 3.8) is 0 Å². The van der Waals surface area contributed by atoms with Gasteiger partial charge in [0.05, 0.1) is 18.2 Å². The molecule has 1 aliphatic heterocycles. The zero-order valence-corrected chi connectivity index (χ0v) is 17.2. The number of nitrogen functional groups attached to an aromatic ring is 1. The molecule has 0 saturated carbocycles. The van der Waals surface area contributed by atoms with E-state index in [2.05, 4.69) is 15.6 Å². The Morgan fingerprint density at radius 1 is 1.25 bits per heavy atom. The number of carbonyl (C=O) groups is 2. The molecule has 2 aromatic carbocycles. The van der Waals surface area contributed by atoms with Crippen LogP contribution in [0, 0.1) is 5.82 Å². The Kier molecular flexibility index (Phi) is 6.13. The van der Waals surface area contributed by atoms with Gasteiger partial charge in [0, 0.05) is 30.6 Å². The minimum absolute atomic E-state index is 0.0161. The van der Waals surface area contributed by atoms with Crippen molar-refractivity contribution >= 4 is 17.6 Å². The first-order valence-electron chi connectivity index (χ1n) is 10.2. The molecule has 164 valence electrons. The predicted molar refractivity (Wildman–Crippen MR) is 118 cm³/mol. The second kappa shape index (κ2) is 9.15. The largest absolute Gasteiger partial charge is 0.394 e. The Labute approximate surface area is 184 Å². The number of nitrogens with two attached hydrogens (primary N) is 1. The number of nitrogens with zero attached hydrogens (tertiary/aromatic N) is 1. The second-order valence-corrected chi connectivity index (χ2v) is 7.72. The number of anilines is 1. The van der Waals surface area contributed by atoms with E-state index in [4.69, 9.17) is 5.73 Å².